The maximum absolute atomic E-state index is 10.8. The maximum atomic E-state index is 10.8. The average molecular weight is 317 g/mol. The number of aromatic nitrogens is 2. The third-order valence-corrected chi connectivity index (χ3v) is 3.77. The molecule has 0 amide bonds. The predicted molar refractivity (Wildman–Crippen MR) is 88.1 cm³/mol. The van der Waals surface area contributed by atoms with Gasteiger partial charge >= 0.3 is 5.97 Å². The molecule has 0 radical (unpaired) electrons. The Morgan fingerprint density at radius 3 is 2.83 bits per heavy atom. The number of aryl methyl sites for hydroxylation is 1. The van der Waals surface area contributed by atoms with E-state index in [1.54, 1.807) is 18.0 Å². The summed E-state index contributed by atoms with van der Waals surface area (Å²) in [6.45, 7) is 5.59. The lowest BCUT2D eigenvalue weighted by Crippen LogP contribution is -2.31. The van der Waals surface area contributed by atoms with Crippen molar-refractivity contribution in [3.05, 3.63) is 47.3 Å². The molecule has 1 aromatic heterocycles. The molecule has 0 aliphatic rings. The zero-order valence-corrected chi connectivity index (χ0v) is 13.7. The monoisotopic (exact) mass is 317 g/mol. The largest absolute Gasteiger partial charge is 0.497 e. The molecule has 0 spiro atoms. The van der Waals surface area contributed by atoms with E-state index in [9.17, 15) is 4.79 Å². The van der Waals surface area contributed by atoms with Crippen LogP contribution in [-0.4, -0.2) is 40.6 Å². The zero-order chi connectivity index (χ0) is 16.8. The van der Waals surface area contributed by atoms with Crippen molar-refractivity contribution in [2.75, 3.05) is 13.7 Å². The van der Waals surface area contributed by atoms with E-state index in [1.165, 1.54) is 17.2 Å². The first-order chi connectivity index (χ1) is 11.0. The summed E-state index contributed by atoms with van der Waals surface area (Å²) in [5, 5.41) is 16.3. The van der Waals surface area contributed by atoms with E-state index in [1.807, 2.05) is 12.1 Å². The van der Waals surface area contributed by atoms with Crippen molar-refractivity contribution in [2.45, 2.75) is 32.9 Å². The highest BCUT2D eigenvalue weighted by Gasteiger charge is 2.08. The van der Waals surface area contributed by atoms with Gasteiger partial charge in [0, 0.05) is 18.8 Å². The van der Waals surface area contributed by atoms with Gasteiger partial charge in [-0.15, -0.1) is 0 Å². The number of hydrogen-bond donors (Lipinski definition) is 2. The second-order valence-corrected chi connectivity index (χ2v) is 5.62. The highest BCUT2D eigenvalue weighted by Crippen LogP contribution is 2.18. The first-order valence-corrected chi connectivity index (χ1v) is 7.63. The molecule has 1 aromatic carbocycles. The number of rotatable bonds is 8. The second kappa shape index (κ2) is 7.78. The smallest absolute Gasteiger partial charge is 0.356 e. The van der Waals surface area contributed by atoms with Gasteiger partial charge < -0.3 is 15.2 Å². The Hall–Kier alpha value is -2.34. The van der Waals surface area contributed by atoms with Crippen LogP contribution in [-0.2, 0) is 13.0 Å². The minimum Gasteiger partial charge on any atom is -0.497 e. The van der Waals surface area contributed by atoms with Crippen LogP contribution < -0.4 is 10.1 Å². The molecule has 2 N–H and O–H groups in total. The number of carboxylic acids is 1. The molecule has 0 aliphatic heterocycles. The van der Waals surface area contributed by atoms with Crippen molar-refractivity contribution in [1.29, 1.82) is 0 Å². The van der Waals surface area contributed by atoms with Crippen LogP contribution in [0.1, 0.15) is 28.5 Å². The van der Waals surface area contributed by atoms with Gasteiger partial charge in [0.25, 0.3) is 0 Å². The Morgan fingerprint density at radius 1 is 1.43 bits per heavy atom. The molecule has 2 aromatic rings. The zero-order valence-electron chi connectivity index (χ0n) is 13.7. The molecule has 0 aliphatic carbocycles. The third-order valence-electron chi connectivity index (χ3n) is 3.77. The number of aromatic carboxylic acids is 1. The SMILES string of the molecule is COc1ccc(CC(C)NCCn2ccc(C(=O)O)n2)c(C)c1. The molecule has 6 heteroatoms. The van der Waals surface area contributed by atoms with Crippen LogP contribution in [0.4, 0.5) is 0 Å². The molecule has 23 heavy (non-hydrogen) atoms. The van der Waals surface area contributed by atoms with E-state index < -0.39 is 5.97 Å². The number of benzene rings is 1. The van der Waals surface area contributed by atoms with Gasteiger partial charge in [-0.25, -0.2) is 4.79 Å². The molecule has 1 unspecified atom stereocenters. The lowest BCUT2D eigenvalue weighted by molar-refractivity contribution is 0.0689. The van der Waals surface area contributed by atoms with Gasteiger partial charge in [0.2, 0.25) is 0 Å². The van der Waals surface area contributed by atoms with Crippen LogP contribution in [0, 0.1) is 6.92 Å². The quantitative estimate of drug-likeness (QED) is 0.780. The molecule has 1 heterocycles. The van der Waals surface area contributed by atoms with Gasteiger partial charge in [0.05, 0.1) is 13.7 Å². The van der Waals surface area contributed by atoms with E-state index >= 15 is 0 Å². The molecule has 0 saturated heterocycles. The topological polar surface area (TPSA) is 76.4 Å². The van der Waals surface area contributed by atoms with Gasteiger partial charge in [-0.1, -0.05) is 6.07 Å². The normalized spacial score (nSPS) is 12.1. The van der Waals surface area contributed by atoms with Gasteiger partial charge in [-0.05, 0) is 49.6 Å². The molecular formula is C17H23N3O3. The summed E-state index contributed by atoms with van der Waals surface area (Å²) < 4.78 is 6.86. The molecule has 0 fully saturated rings. The van der Waals surface area contributed by atoms with Crippen molar-refractivity contribution in [2.24, 2.45) is 0 Å². The van der Waals surface area contributed by atoms with E-state index in [4.69, 9.17) is 9.84 Å². The number of methoxy groups -OCH3 is 1. The van der Waals surface area contributed by atoms with Crippen molar-refractivity contribution >= 4 is 5.97 Å². The summed E-state index contributed by atoms with van der Waals surface area (Å²) >= 11 is 0. The summed E-state index contributed by atoms with van der Waals surface area (Å²) in [6, 6.07) is 7.94. The molecule has 6 nitrogen and oxygen atoms in total. The summed E-state index contributed by atoms with van der Waals surface area (Å²) in [5.41, 5.74) is 2.58. The third kappa shape index (κ3) is 4.82. The van der Waals surface area contributed by atoms with Gasteiger partial charge in [-0.3, -0.25) is 4.68 Å². The fourth-order valence-electron chi connectivity index (χ4n) is 2.45. The minimum atomic E-state index is -1.000. The van der Waals surface area contributed by atoms with E-state index in [0.29, 0.717) is 12.6 Å². The van der Waals surface area contributed by atoms with Crippen LogP contribution in [0.15, 0.2) is 30.5 Å². The second-order valence-electron chi connectivity index (χ2n) is 5.62. The molecule has 0 bridgehead atoms. The van der Waals surface area contributed by atoms with Gasteiger partial charge in [0.1, 0.15) is 5.75 Å². The Balaban J connectivity index is 1.80. The standard InChI is InChI=1S/C17H23N3O3/c1-12-10-15(23-3)5-4-14(12)11-13(2)18-7-9-20-8-6-16(19-20)17(21)22/h4-6,8,10,13,18H,7,9,11H2,1-3H3,(H,21,22). The first kappa shape index (κ1) is 17.0. The number of carboxylic acid groups (broad SMARTS) is 1. The number of carbonyl (C=O) groups is 1. The first-order valence-electron chi connectivity index (χ1n) is 7.63. The molecular weight excluding hydrogens is 294 g/mol. The van der Waals surface area contributed by atoms with E-state index in [-0.39, 0.29) is 5.69 Å². The van der Waals surface area contributed by atoms with Gasteiger partial charge in [-0.2, -0.15) is 5.10 Å². The van der Waals surface area contributed by atoms with Crippen LogP contribution in [0.25, 0.3) is 0 Å². The van der Waals surface area contributed by atoms with Crippen LogP contribution in [0.5, 0.6) is 5.75 Å². The average Bonchev–Trinajstić information content (AvgIpc) is 2.98. The van der Waals surface area contributed by atoms with Crippen LogP contribution >= 0.6 is 0 Å². The Bertz CT molecular complexity index is 667. The predicted octanol–water partition coefficient (Wildman–Crippen LogP) is 2.12. The van der Waals surface area contributed by atoms with Crippen molar-refractivity contribution in [1.82, 2.24) is 15.1 Å². The van der Waals surface area contributed by atoms with Crippen molar-refractivity contribution < 1.29 is 14.6 Å². The highest BCUT2D eigenvalue weighted by atomic mass is 16.5. The fraction of sp³-hybridized carbons (Fsp3) is 0.412. The summed E-state index contributed by atoms with van der Waals surface area (Å²) in [4.78, 5) is 10.8. The minimum absolute atomic E-state index is 0.0758. The molecule has 0 saturated carbocycles. The van der Waals surface area contributed by atoms with Crippen molar-refractivity contribution in [3.63, 3.8) is 0 Å². The fourth-order valence-corrected chi connectivity index (χ4v) is 2.45. The highest BCUT2D eigenvalue weighted by molar-refractivity contribution is 5.84. The molecule has 1 atom stereocenters. The van der Waals surface area contributed by atoms with E-state index in [0.717, 1.165) is 18.7 Å². The maximum Gasteiger partial charge on any atom is 0.356 e. The Labute approximate surface area is 136 Å². The van der Waals surface area contributed by atoms with Crippen LogP contribution in [0.3, 0.4) is 0 Å². The Morgan fingerprint density at radius 2 is 2.22 bits per heavy atom. The van der Waals surface area contributed by atoms with Crippen molar-refractivity contribution in [3.8, 4) is 5.75 Å². The summed E-state index contributed by atoms with van der Waals surface area (Å²) in [7, 11) is 1.67. The Kier molecular flexibility index (Phi) is 5.76. The lowest BCUT2D eigenvalue weighted by Gasteiger charge is -2.16. The molecule has 124 valence electrons. The number of ether oxygens (including phenoxy) is 1. The van der Waals surface area contributed by atoms with E-state index in [2.05, 4.69) is 30.3 Å². The summed E-state index contributed by atoms with van der Waals surface area (Å²) in [5.74, 6) is -0.125. The molecule has 2 rings (SSSR count). The lowest BCUT2D eigenvalue weighted by atomic mass is 10.0. The number of nitrogens with zero attached hydrogens (tertiary/aromatic N) is 2. The van der Waals surface area contributed by atoms with Crippen LogP contribution in [0.2, 0.25) is 0 Å². The number of hydrogen-bond acceptors (Lipinski definition) is 4. The van der Waals surface area contributed by atoms with Gasteiger partial charge in [0.15, 0.2) is 5.69 Å². The summed E-state index contributed by atoms with van der Waals surface area (Å²) in [6.07, 6.45) is 2.61. The number of nitrogens with one attached hydrogen (secondary N) is 1.